The molecule has 2 heterocycles. The molecule has 1 aromatic rings. The summed E-state index contributed by atoms with van der Waals surface area (Å²) in [5.74, 6) is 0. The maximum Gasteiger partial charge on any atom is 0.115 e. The molecule has 2 aliphatic rings. The van der Waals surface area contributed by atoms with Gasteiger partial charge in [0.15, 0.2) is 0 Å². The molecule has 1 aromatic heterocycles. The summed E-state index contributed by atoms with van der Waals surface area (Å²) in [5.41, 5.74) is 1.16. The average molecular weight is 219 g/mol. The number of hydrogen-bond donors (Lipinski definition) is 1. The van der Waals surface area contributed by atoms with Gasteiger partial charge in [0.1, 0.15) is 6.33 Å². The summed E-state index contributed by atoms with van der Waals surface area (Å²) in [6, 6.07) is 0.268. The van der Waals surface area contributed by atoms with Gasteiger partial charge in [0.05, 0.1) is 18.2 Å². The SMILES string of the molecule is c1ncc(C2NCCOC23CCCC3)cn1. The highest BCUT2D eigenvalue weighted by Gasteiger charge is 2.45. The number of nitrogens with one attached hydrogen (secondary N) is 1. The Labute approximate surface area is 95.4 Å². The van der Waals surface area contributed by atoms with Crippen LogP contribution in [0.4, 0.5) is 0 Å². The van der Waals surface area contributed by atoms with Gasteiger partial charge in [0, 0.05) is 24.5 Å². The first kappa shape index (κ1) is 10.2. The highest BCUT2D eigenvalue weighted by molar-refractivity contribution is 5.17. The van der Waals surface area contributed by atoms with Crippen LogP contribution in [0.3, 0.4) is 0 Å². The molecular weight excluding hydrogens is 202 g/mol. The quantitative estimate of drug-likeness (QED) is 0.776. The first-order chi connectivity index (χ1) is 7.91. The Hall–Kier alpha value is -1.00. The minimum Gasteiger partial charge on any atom is -0.372 e. The lowest BCUT2D eigenvalue weighted by atomic mass is 9.87. The molecule has 2 fully saturated rings. The van der Waals surface area contributed by atoms with Gasteiger partial charge in [-0.15, -0.1) is 0 Å². The van der Waals surface area contributed by atoms with Crippen molar-refractivity contribution in [3.05, 3.63) is 24.3 Å². The molecule has 86 valence electrons. The number of aromatic nitrogens is 2. The molecule has 4 heteroatoms. The van der Waals surface area contributed by atoms with Gasteiger partial charge >= 0.3 is 0 Å². The summed E-state index contributed by atoms with van der Waals surface area (Å²) < 4.78 is 6.08. The summed E-state index contributed by atoms with van der Waals surface area (Å²) in [6.07, 6.45) is 10.2. The Balaban J connectivity index is 1.91. The lowest BCUT2D eigenvalue weighted by Gasteiger charge is -2.42. The number of rotatable bonds is 1. The summed E-state index contributed by atoms with van der Waals surface area (Å²) >= 11 is 0. The van der Waals surface area contributed by atoms with Gasteiger partial charge in [-0.2, -0.15) is 0 Å². The Morgan fingerprint density at radius 2 is 2.00 bits per heavy atom. The van der Waals surface area contributed by atoms with Crippen molar-refractivity contribution in [2.75, 3.05) is 13.2 Å². The van der Waals surface area contributed by atoms with Gasteiger partial charge < -0.3 is 10.1 Å². The molecule has 16 heavy (non-hydrogen) atoms. The number of hydrogen-bond acceptors (Lipinski definition) is 4. The molecule has 3 rings (SSSR count). The summed E-state index contributed by atoms with van der Waals surface area (Å²) in [5, 5.41) is 3.56. The molecule has 1 saturated carbocycles. The highest BCUT2D eigenvalue weighted by atomic mass is 16.5. The van der Waals surface area contributed by atoms with Crippen LogP contribution in [-0.4, -0.2) is 28.7 Å². The predicted molar refractivity (Wildman–Crippen MR) is 59.9 cm³/mol. The van der Waals surface area contributed by atoms with Crippen molar-refractivity contribution >= 4 is 0 Å². The Kier molecular flexibility index (Phi) is 2.61. The van der Waals surface area contributed by atoms with E-state index in [9.17, 15) is 0 Å². The van der Waals surface area contributed by atoms with E-state index in [1.165, 1.54) is 12.8 Å². The van der Waals surface area contributed by atoms with Crippen LogP contribution in [0, 0.1) is 0 Å². The third-order valence-corrected chi connectivity index (χ3v) is 3.73. The van der Waals surface area contributed by atoms with Crippen molar-refractivity contribution < 1.29 is 4.74 Å². The fourth-order valence-electron chi connectivity index (χ4n) is 3.01. The largest absolute Gasteiger partial charge is 0.372 e. The molecule has 0 radical (unpaired) electrons. The molecule has 1 spiro atoms. The summed E-state index contributed by atoms with van der Waals surface area (Å²) in [7, 11) is 0. The van der Waals surface area contributed by atoms with Crippen molar-refractivity contribution in [2.45, 2.75) is 37.3 Å². The minimum atomic E-state index is 0.00294. The molecule has 0 bridgehead atoms. The standard InChI is InChI=1S/C12H17N3O/c1-2-4-12(3-1)11(15-5-6-16-12)10-7-13-9-14-8-10/h7-9,11,15H,1-6H2. The fraction of sp³-hybridized carbons (Fsp3) is 0.667. The van der Waals surface area contributed by atoms with Crippen molar-refractivity contribution in [1.82, 2.24) is 15.3 Å². The van der Waals surface area contributed by atoms with Crippen LogP contribution in [0.25, 0.3) is 0 Å². The minimum absolute atomic E-state index is 0.00294. The van der Waals surface area contributed by atoms with Gasteiger partial charge in [0.25, 0.3) is 0 Å². The maximum atomic E-state index is 6.08. The molecule has 1 unspecified atom stereocenters. The second kappa shape index (κ2) is 4.11. The van der Waals surface area contributed by atoms with Crippen LogP contribution in [0.2, 0.25) is 0 Å². The van der Waals surface area contributed by atoms with Crippen LogP contribution in [0.5, 0.6) is 0 Å². The van der Waals surface area contributed by atoms with E-state index in [1.54, 1.807) is 6.33 Å². The van der Waals surface area contributed by atoms with Crippen molar-refractivity contribution in [2.24, 2.45) is 0 Å². The van der Waals surface area contributed by atoms with Gasteiger partial charge in [0.2, 0.25) is 0 Å². The molecule has 0 aromatic carbocycles. The van der Waals surface area contributed by atoms with Crippen molar-refractivity contribution in [3.63, 3.8) is 0 Å². The molecule has 1 saturated heterocycles. The Morgan fingerprint density at radius 3 is 2.75 bits per heavy atom. The zero-order valence-corrected chi connectivity index (χ0v) is 9.35. The van der Waals surface area contributed by atoms with E-state index < -0.39 is 0 Å². The first-order valence-electron chi connectivity index (χ1n) is 6.03. The first-order valence-corrected chi connectivity index (χ1v) is 6.03. The smallest absolute Gasteiger partial charge is 0.115 e. The molecule has 1 N–H and O–H groups in total. The van der Waals surface area contributed by atoms with E-state index in [2.05, 4.69) is 15.3 Å². The molecule has 4 nitrogen and oxygen atoms in total. The number of nitrogens with zero attached hydrogens (tertiary/aromatic N) is 2. The second-order valence-electron chi connectivity index (χ2n) is 4.68. The number of morpholine rings is 1. The summed E-state index contributed by atoms with van der Waals surface area (Å²) in [6.45, 7) is 1.74. The fourth-order valence-corrected chi connectivity index (χ4v) is 3.01. The maximum absolute atomic E-state index is 6.08. The third-order valence-electron chi connectivity index (χ3n) is 3.73. The molecule has 1 atom stereocenters. The predicted octanol–water partition coefficient (Wildman–Crippen LogP) is 1.45. The molecule has 0 amide bonds. The normalized spacial score (nSPS) is 28.4. The van der Waals surface area contributed by atoms with E-state index >= 15 is 0 Å². The van der Waals surface area contributed by atoms with E-state index in [0.29, 0.717) is 0 Å². The van der Waals surface area contributed by atoms with Crippen molar-refractivity contribution in [3.8, 4) is 0 Å². The van der Waals surface area contributed by atoms with E-state index in [1.807, 2.05) is 12.4 Å². The van der Waals surface area contributed by atoms with Gasteiger partial charge in [-0.05, 0) is 12.8 Å². The lowest BCUT2D eigenvalue weighted by Crippen LogP contribution is -2.50. The van der Waals surface area contributed by atoms with Crippen LogP contribution >= 0.6 is 0 Å². The van der Waals surface area contributed by atoms with Crippen LogP contribution in [0.1, 0.15) is 37.3 Å². The van der Waals surface area contributed by atoms with E-state index in [0.717, 1.165) is 31.6 Å². The summed E-state index contributed by atoms with van der Waals surface area (Å²) in [4.78, 5) is 8.22. The van der Waals surface area contributed by atoms with Crippen LogP contribution in [0.15, 0.2) is 18.7 Å². The number of ether oxygens (including phenoxy) is 1. The van der Waals surface area contributed by atoms with E-state index in [4.69, 9.17) is 4.74 Å². The highest BCUT2D eigenvalue weighted by Crippen LogP contribution is 2.43. The molecule has 1 aliphatic carbocycles. The van der Waals surface area contributed by atoms with Gasteiger partial charge in [-0.1, -0.05) is 12.8 Å². The average Bonchev–Trinajstić information content (AvgIpc) is 2.80. The third kappa shape index (κ3) is 1.62. The van der Waals surface area contributed by atoms with E-state index in [-0.39, 0.29) is 11.6 Å². The van der Waals surface area contributed by atoms with Crippen LogP contribution in [-0.2, 0) is 4.74 Å². The molecular formula is C12H17N3O. The molecule has 1 aliphatic heterocycles. The zero-order chi connectivity index (χ0) is 10.8. The topological polar surface area (TPSA) is 47.0 Å². The van der Waals surface area contributed by atoms with Crippen LogP contribution < -0.4 is 5.32 Å². The lowest BCUT2D eigenvalue weighted by molar-refractivity contribution is -0.0936. The Morgan fingerprint density at radius 1 is 1.25 bits per heavy atom. The van der Waals surface area contributed by atoms with Gasteiger partial charge in [-0.25, -0.2) is 9.97 Å². The van der Waals surface area contributed by atoms with Crippen molar-refractivity contribution in [1.29, 1.82) is 0 Å². The van der Waals surface area contributed by atoms with Gasteiger partial charge in [-0.3, -0.25) is 0 Å². The second-order valence-corrected chi connectivity index (χ2v) is 4.68. The Bertz CT molecular complexity index is 349. The zero-order valence-electron chi connectivity index (χ0n) is 9.35. The monoisotopic (exact) mass is 219 g/mol.